The third kappa shape index (κ3) is 4.60. The van der Waals surface area contributed by atoms with Gasteiger partial charge in [-0.15, -0.1) is 0 Å². The largest absolute Gasteiger partial charge is 0.338 e. The van der Waals surface area contributed by atoms with E-state index < -0.39 is 0 Å². The van der Waals surface area contributed by atoms with Gasteiger partial charge in [0.25, 0.3) is 0 Å². The third-order valence-electron chi connectivity index (χ3n) is 4.71. The molecule has 0 saturated carbocycles. The molecule has 1 aliphatic heterocycles. The number of thiophene rings is 1. The van der Waals surface area contributed by atoms with Crippen LogP contribution in [0.1, 0.15) is 18.4 Å². The molecule has 0 N–H and O–H groups in total. The van der Waals surface area contributed by atoms with Crippen LogP contribution in [0.4, 0.5) is 0 Å². The highest BCUT2D eigenvalue weighted by Gasteiger charge is 2.30. The first kappa shape index (κ1) is 18.4. The summed E-state index contributed by atoms with van der Waals surface area (Å²) in [5.41, 5.74) is 1.14. The summed E-state index contributed by atoms with van der Waals surface area (Å²) in [4.78, 5) is 32.8. The Bertz CT molecular complexity index is 727. The number of rotatable bonds is 7. The molecule has 3 heterocycles. The summed E-state index contributed by atoms with van der Waals surface area (Å²) in [5, 5.41) is 4.10. The van der Waals surface area contributed by atoms with E-state index in [0.29, 0.717) is 32.7 Å². The molecule has 1 saturated heterocycles. The van der Waals surface area contributed by atoms with Crippen LogP contribution in [0.25, 0.3) is 0 Å². The zero-order chi connectivity index (χ0) is 18.4. The summed E-state index contributed by atoms with van der Waals surface area (Å²) in [7, 11) is 0. The molecular weight excluding hydrogens is 348 g/mol. The lowest BCUT2D eigenvalue weighted by Gasteiger charge is -2.34. The fourth-order valence-corrected chi connectivity index (χ4v) is 3.95. The Hall–Kier alpha value is -2.41. The lowest BCUT2D eigenvalue weighted by atomic mass is 9.96. The molecule has 0 spiro atoms. The van der Waals surface area contributed by atoms with Gasteiger partial charge in [-0.2, -0.15) is 11.3 Å². The van der Waals surface area contributed by atoms with Crippen LogP contribution in [0.5, 0.6) is 0 Å². The average molecular weight is 372 g/mol. The van der Waals surface area contributed by atoms with Gasteiger partial charge in [0.05, 0.1) is 12.2 Å². The minimum absolute atomic E-state index is 0.0923. The molecule has 1 atom stereocenters. The maximum atomic E-state index is 13.2. The van der Waals surface area contributed by atoms with E-state index in [1.165, 1.54) is 6.08 Å². The molecule has 1 fully saturated rings. The van der Waals surface area contributed by atoms with E-state index in [-0.39, 0.29) is 17.7 Å². The number of piperidine rings is 1. The highest BCUT2D eigenvalue weighted by atomic mass is 32.1. The number of likely N-dealkylation sites (tertiary alicyclic amines) is 1. The molecule has 2 aromatic heterocycles. The Morgan fingerprint density at radius 3 is 3.04 bits per heavy atom. The number of nitrogens with zero attached hydrogens (tertiary/aromatic N) is 4. The molecule has 0 bridgehead atoms. The minimum Gasteiger partial charge on any atom is -0.338 e. The molecule has 0 radical (unpaired) electrons. The summed E-state index contributed by atoms with van der Waals surface area (Å²) >= 11 is 1.63. The van der Waals surface area contributed by atoms with E-state index >= 15 is 0 Å². The first-order chi connectivity index (χ1) is 12.7. The fraction of sp³-hybridized carbons (Fsp3) is 0.421. The van der Waals surface area contributed by atoms with Crippen molar-refractivity contribution < 1.29 is 9.59 Å². The summed E-state index contributed by atoms with van der Waals surface area (Å²) in [6.07, 6.45) is 8.41. The van der Waals surface area contributed by atoms with Crippen molar-refractivity contribution in [3.8, 4) is 0 Å². The van der Waals surface area contributed by atoms with Crippen molar-refractivity contribution in [1.82, 2.24) is 19.4 Å². The van der Waals surface area contributed by atoms with Crippen LogP contribution in [0.2, 0.25) is 0 Å². The monoisotopic (exact) mass is 372 g/mol. The minimum atomic E-state index is -0.144. The Balaban J connectivity index is 1.68. The second-order valence-corrected chi connectivity index (χ2v) is 7.30. The van der Waals surface area contributed by atoms with Gasteiger partial charge in [-0.3, -0.25) is 9.59 Å². The molecule has 26 heavy (non-hydrogen) atoms. The zero-order valence-corrected chi connectivity index (χ0v) is 15.6. The van der Waals surface area contributed by atoms with Crippen molar-refractivity contribution in [2.75, 3.05) is 19.6 Å². The molecule has 6 nitrogen and oxygen atoms in total. The highest BCUT2D eigenvalue weighted by Crippen LogP contribution is 2.21. The van der Waals surface area contributed by atoms with Crippen LogP contribution in [0.3, 0.4) is 0 Å². The Morgan fingerprint density at radius 1 is 1.46 bits per heavy atom. The summed E-state index contributed by atoms with van der Waals surface area (Å²) in [6, 6.07) is 2.05. The maximum absolute atomic E-state index is 13.2. The topological polar surface area (TPSA) is 58.4 Å². The summed E-state index contributed by atoms with van der Waals surface area (Å²) < 4.78 is 1.97. The van der Waals surface area contributed by atoms with Gasteiger partial charge in [0.1, 0.15) is 0 Å². The van der Waals surface area contributed by atoms with Crippen molar-refractivity contribution in [2.45, 2.75) is 25.9 Å². The van der Waals surface area contributed by atoms with Gasteiger partial charge in [0, 0.05) is 45.1 Å². The predicted octanol–water partition coefficient (Wildman–Crippen LogP) is 2.40. The van der Waals surface area contributed by atoms with Gasteiger partial charge in [-0.25, -0.2) is 4.98 Å². The molecule has 2 aromatic rings. The average Bonchev–Trinajstić information content (AvgIpc) is 3.38. The first-order valence-corrected chi connectivity index (χ1v) is 9.78. The van der Waals surface area contributed by atoms with E-state index in [2.05, 4.69) is 23.0 Å². The van der Waals surface area contributed by atoms with E-state index in [4.69, 9.17) is 0 Å². The predicted molar refractivity (Wildman–Crippen MR) is 101 cm³/mol. The fourth-order valence-electron chi connectivity index (χ4n) is 3.29. The van der Waals surface area contributed by atoms with Gasteiger partial charge in [-0.05, 0) is 41.3 Å². The maximum Gasteiger partial charge on any atom is 0.245 e. The van der Waals surface area contributed by atoms with Gasteiger partial charge >= 0.3 is 0 Å². The Labute approximate surface area is 157 Å². The highest BCUT2D eigenvalue weighted by molar-refractivity contribution is 7.07. The molecule has 1 aliphatic rings. The zero-order valence-electron chi connectivity index (χ0n) is 14.8. The first-order valence-electron chi connectivity index (χ1n) is 8.84. The number of carbonyl (C=O) groups is 2. The Morgan fingerprint density at radius 2 is 2.35 bits per heavy atom. The lowest BCUT2D eigenvalue weighted by Crippen LogP contribution is -2.46. The van der Waals surface area contributed by atoms with Gasteiger partial charge in [0.2, 0.25) is 11.8 Å². The van der Waals surface area contributed by atoms with Crippen LogP contribution in [-0.4, -0.2) is 50.8 Å². The number of hydrogen-bond donors (Lipinski definition) is 0. The SMILES string of the molecule is C=CC(=O)N1CCCC(C(=O)N(CCn2ccnc2)Cc2ccsc2)C1. The normalized spacial score (nSPS) is 17.1. The summed E-state index contributed by atoms with van der Waals surface area (Å²) in [6.45, 7) is 6.67. The van der Waals surface area contributed by atoms with Crippen molar-refractivity contribution in [1.29, 1.82) is 0 Å². The van der Waals surface area contributed by atoms with Crippen LogP contribution in [0, 0.1) is 5.92 Å². The van der Waals surface area contributed by atoms with Crippen LogP contribution in [-0.2, 0) is 22.7 Å². The standard InChI is InChI=1S/C19H24N4O2S/c1-2-18(24)22-7-3-4-17(13-22)19(25)23(12-16-5-11-26-14-16)10-9-21-8-6-20-15-21/h2,5-6,8,11,14-15,17H,1,3-4,7,9-10,12-13H2. The van der Waals surface area contributed by atoms with Crippen molar-refractivity contribution in [2.24, 2.45) is 5.92 Å². The molecule has 1 unspecified atom stereocenters. The smallest absolute Gasteiger partial charge is 0.245 e. The number of hydrogen-bond acceptors (Lipinski definition) is 4. The second kappa shape index (κ2) is 8.80. The van der Waals surface area contributed by atoms with E-state index in [1.54, 1.807) is 28.8 Å². The third-order valence-corrected chi connectivity index (χ3v) is 5.44. The summed E-state index contributed by atoms with van der Waals surface area (Å²) in [5.74, 6) is -0.114. The van der Waals surface area contributed by atoms with Crippen LogP contribution >= 0.6 is 11.3 Å². The van der Waals surface area contributed by atoms with Gasteiger partial charge < -0.3 is 14.4 Å². The molecule has 138 valence electrons. The van der Waals surface area contributed by atoms with E-state index in [1.807, 2.05) is 21.0 Å². The number of imidazole rings is 1. The number of aromatic nitrogens is 2. The Kier molecular flexibility index (Phi) is 6.22. The van der Waals surface area contributed by atoms with Gasteiger partial charge in [0.15, 0.2) is 0 Å². The molecule has 3 rings (SSSR count). The van der Waals surface area contributed by atoms with Crippen molar-refractivity contribution in [3.05, 3.63) is 53.8 Å². The van der Waals surface area contributed by atoms with E-state index in [9.17, 15) is 9.59 Å². The van der Waals surface area contributed by atoms with Crippen molar-refractivity contribution >= 4 is 23.2 Å². The molecule has 7 heteroatoms. The quantitative estimate of drug-likeness (QED) is 0.701. The van der Waals surface area contributed by atoms with Crippen LogP contribution < -0.4 is 0 Å². The van der Waals surface area contributed by atoms with Crippen molar-refractivity contribution in [3.63, 3.8) is 0 Å². The molecule has 0 aliphatic carbocycles. The lowest BCUT2D eigenvalue weighted by molar-refractivity contribution is -0.140. The number of carbonyl (C=O) groups excluding carboxylic acids is 2. The number of amides is 2. The van der Waals surface area contributed by atoms with Gasteiger partial charge in [-0.1, -0.05) is 6.58 Å². The second-order valence-electron chi connectivity index (χ2n) is 6.52. The molecule has 2 amide bonds. The van der Waals surface area contributed by atoms with Crippen LogP contribution in [0.15, 0.2) is 48.2 Å². The van der Waals surface area contributed by atoms with E-state index in [0.717, 1.165) is 18.4 Å². The molecular formula is C19H24N4O2S. The molecule has 0 aromatic carbocycles.